The Hall–Kier alpha value is -2.16. The van der Waals surface area contributed by atoms with E-state index >= 15 is 0 Å². The van der Waals surface area contributed by atoms with E-state index in [9.17, 15) is 17.4 Å². The number of rotatable bonds is 9. The van der Waals surface area contributed by atoms with E-state index in [1.807, 2.05) is 31.2 Å². The fourth-order valence-electron chi connectivity index (χ4n) is 4.03. The summed E-state index contributed by atoms with van der Waals surface area (Å²) in [5.41, 5.74) is 4.02. The van der Waals surface area contributed by atoms with Crippen molar-refractivity contribution in [2.45, 2.75) is 51.1 Å². The van der Waals surface area contributed by atoms with Crippen LogP contribution in [0.5, 0.6) is 0 Å². The molecule has 2 aromatic carbocycles. The van der Waals surface area contributed by atoms with Gasteiger partial charge in [0.15, 0.2) is 11.1 Å². The maximum absolute atomic E-state index is 13.0. The maximum atomic E-state index is 13.0. The predicted molar refractivity (Wildman–Crippen MR) is 121 cm³/mol. The molecule has 2 unspecified atom stereocenters. The molecule has 1 aliphatic rings. The maximum Gasteiger partial charge on any atom is 0.416 e. The molecule has 1 heterocycles. The summed E-state index contributed by atoms with van der Waals surface area (Å²) in [7, 11) is 0. The van der Waals surface area contributed by atoms with Crippen LogP contribution in [-0.4, -0.2) is 22.0 Å². The van der Waals surface area contributed by atoms with Gasteiger partial charge in [-0.25, -0.2) is 4.21 Å². The lowest BCUT2D eigenvalue weighted by molar-refractivity contribution is -0.137. The third-order valence-electron chi connectivity index (χ3n) is 5.65. The first-order chi connectivity index (χ1) is 15.2. The van der Waals surface area contributed by atoms with Crippen molar-refractivity contribution in [2.24, 2.45) is 0 Å². The molecule has 0 spiro atoms. The zero-order chi connectivity index (χ0) is 23.3. The topological polar surface area (TPSA) is 49.8 Å². The average molecular weight is 468 g/mol. The lowest BCUT2D eigenvalue weighted by atomic mass is 9.99. The second-order valence-electron chi connectivity index (χ2n) is 7.89. The largest absolute Gasteiger partial charge is 0.416 e. The Morgan fingerprint density at radius 1 is 1.09 bits per heavy atom. The van der Waals surface area contributed by atoms with Crippen molar-refractivity contribution in [2.75, 3.05) is 18.1 Å². The summed E-state index contributed by atoms with van der Waals surface area (Å²) >= 11 is -1.91. The summed E-state index contributed by atoms with van der Waals surface area (Å²) in [6.07, 6.45) is -1.92. The summed E-state index contributed by atoms with van der Waals surface area (Å²) in [6, 6.07) is 12.7. The molecule has 2 atom stereocenters. The Morgan fingerprint density at radius 2 is 1.75 bits per heavy atom. The van der Waals surface area contributed by atoms with Gasteiger partial charge in [0.05, 0.1) is 24.0 Å². The Balaban J connectivity index is 1.89. The minimum absolute atomic E-state index is 0.0604. The number of alkyl halides is 3. The molecule has 0 aromatic heterocycles. The first-order valence-corrected chi connectivity index (χ1v) is 11.9. The molecule has 0 amide bonds. The fourth-order valence-corrected chi connectivity index (χ4v) is 4.51. The summed E-state index contributed by atoms with van der Waals surface area (Å²) in [4.78, 5) is 2.08. The van der Waals surface area contributed by atoms with Gasteiger partial charge >= 0.3 is 6.18 Å². The molecule has 3 rings (SSSR count). The molecule has 32 heavy (non-hydrogen) atoms. The van der Waals surface area contributed by atoms with Gasteiger partial charge in [-0.2, -0.15) is 13.2 Å². The molecule has 0 fully saturated rings. The van der Waals surface area contributed by atoms with Crippen LogP contribution in [0.15, 0.2) is 59.8 Å². The molecule has 0 bridgehead atoms. The van der Waals surface area contributed by atoms with Gasteiger partial charge in [0.1, 0.15) is 0 Å². The highest BCUT2D eigenvalue weighted by atomic mass is 32.2. The lowest BCUT2D eigenvalue weighted by Gasteiger charge is -2.29. The smallest absolute Gasteiger partial charge is 0.381 e. The minimum atomic E-state index is -4.38. The predicted octanol–water partition coefficient (Wildman–Crippen LogP) is 6.47. The van der Waals surface area contributed by atoms with E-state index in [-0.39, 0.29) is 11.8 Å². The summed E-state index contributed by atoms with van der Waals surface area (Å²) in [5, 5.41) is 0. The second kappa shape index (κ2) is 10.6. The lowest BCUT2D eigenvalue weighted by Crippen LogP contribution is -2.22. The van der Waals surface area contributed by atoms with E-state index in [1.54, 1.807) is 0 Å². The number of anilines is 1. The number of benzene rings is 2. The molecule has 8 heteroatoms. The Bertz CT molecular complexity index is 956. The van der Waals surface area contributed by atoms with Crippen molar-refractivity contribution in [3.8, 4) is 0 Å². The zero-order valence-electron chi connectivity index (χ0n) is 18.2. The van der Waals surface area contributed by atoms with E-state index < -0.39 is 22.8 Å². The monoisotopic (exact) mass is 467 g/mol. The van der Waals surface area contributed by atoms with Crippen LogP contribution in [0.2, 0.25) is 0 Å². The quantitative estimate of drug-likeness (QED) is 0.339. The van der Waals surface area contributed by atoms with Gasteiger partial charge in [-0.15, -0.1) is 0 Å². The summed E-state index contributed by atoms with van der Waals surface area (Å²) in [5.74, 6) is 0.0604. The van der Waals surface area contributed by atoms with E-state index in [4.69, 9.17) is 9.29 Å². The van der Waals surface area contributed by atoms with Crippen LogP contribution in [0.1, 0.15) is 55.8 Å². The zero-order valence-corrected chi connectivity index (χ0v) is 19.0. The highest BCUT2D eigenvalue weighted by Crippen LogP contribution is 2.44. The van der Waals surface area contributed by atoms with Crippen LogP contribution in [0.3, 0.4) is 0 Å². The molecular weight excluding hydrogens is 439 g/mol. The summed E-state index contributed by atoms with van der Waals surface area (Å²) < 4.78 is 64.9. The van der Waals surface area contributed by atoms with Crippen molar-refractivity contribution >= 4 is 16.8 Å². The van der Waals surface area contributed by atoms with Crippen molar-refractivity contribution in [3.05, 3.63) is 76.5 Å². The van der Waals surface area contributed by atoms with Crippen LogP contribution in [-0.2, 0) is 27.7 Å². The van der Waals surface area contributed by atoms with Crippen molar-refractivity contribution in [3.63, 3.8) is 0 Å². The molecule has 2 aromatic rings. The molecular formula is C24H28F3NO3S. The van der Waals surface area contributed by atoms with Gasteiger partial charge in [0, 0.05) is 18.0 Å². The molecule has 0 aliphatic carbocycles. The van der Waals surface area contributed by atoms with Gasteiger partial charge in [-0.3, -0.25) is 0 Å². The first-order valence-electron chi connectivity index (χ1n) is 10.6. The normalized spacial score (nSPS) is 17.8. The van der Waals surface area contributed by atoms with Gasteiger partial charge in [-0.05, 0) is 67.2 Å². The number of ether oxygens (including phenoxy) is 1. The van der Waals surface area contributed by atoms with Crippen LogP contribution in [0.25, 0.3) is 0 Å². The van der Waals surface area contributed by atoms with Crippen LogP contribution in [0.4, 0.5) is 18.9 Å². The standard InChI is InChI=1S/C24H28F3NO3S/c1-3-13-31-14-12-20-15-23(19-6-4-18(5-7-19)16-32(29)30)28(17(20)2)22-10-8-21(9-11-22)24(25,26)27/h4-11,23H,3,12-16H2,1-2H3,(H,29,30). The number of halogens is 3. The van der Waals surface area contributed by atoms with Gasteiger partial charge < -0.3 is 14.2 Å². The molecule has 1 aliphatic heterocycles. The van der Waals surface area contributed by atoms with Gasteiger partial charge in [-0.1, -0.05) is 31.2 Å². The van der Waals surface area contributed by atoms with Crippen molar-refractivity contribution < 1.29 is 26.7 Å². The van der Waals surface area contributed by atoms with Crippen molar-refractivity contribution in [1.82, 2.24) is 0 Å². The Kier molecular flexibility index (Phi) is 8.14. The molecule has 174 valence electrons. The average Bonchev–Trinajstić information content (AvgIpc) is 3.07. The Morgan fingerprint density at radius 3 is 2.31 bits per heavy atom. The number of hydrogen-bond donors (Lipinski definition) is 1. The molecule has 0 saturated heterocycles. The SMILES string of the molecule is CCCOCCC1=C(C)N(c2ccc(C(F)(F)F)cc2)C(c2ccc(CS(=O)O)cc2)C1. The van der Waals surface area contributed by atoms with Crippen LogP contribution in [0, 0.1) is 0 Å². The molecule has 0 radical (unpaired) electrons. The van der Waals surface area contributed by atoms with E-state index in [0.29, 0.717) is 18.9 Å². The van der Waals surface area contributed by atoms with E-state index in [0.717, 1.165) is 48.2 Å². The number of nitrogens with zero attached hydrogens (tertiary/aromatic N) is 1. The molecule has 1 N–H and O–H groups in total. The van der Waals surface area contributed by atoms with Gasteiger partial charge in [0.25, 0.3) is 0 Å². The third-order valence-corrected chi connectivity index (χ3v) is 6.23. The van der Waals surface area contributed by atoms with Crippen molar-refractivity contribution in [1.29, 1.82) is 0 Å². The molecule has 4 nitrogen and oxygen atoms in total. The van der Waals surface area contributed by atoms with Crippen LogP contribution < -0.4 is 4.90 Å². The fraction of sp³-hybridized carbons (Fsp3) is 0.417. The van der Waals surface area contributed by atoms with E-state index in [2.05, 4.69) is 11.8 Å². The number of allylic oxidation sites excluding steroid dienone is 1. The number of hydrogen-bond acceptors (Lipinski definition) is 3. The third kappa shape index (κ3) is 5.99. The van der Waals surface area contributed by atoms with Gasteiger partial charge in [0.2, 0.25) is 0 Å². The second-order valence-corrected chi connectivity index (χ2v) is 8.82. The first kappa shape index (κ1) is 24.5. The Labute approximate surface area is 189 Å². The highest BCUT2D eigenvalue weighted by molar-refractivity contribution is 7.78. The van der Waals surface area contributed by atoms with E-state index in [1.165, 1.54) is 17.7 Å². The minimum Gasteiger partial charge on any atom is -0.381 e. The van der Waals surface area contributed by atoms with Crippen LogP contribution >= 0.6 is 0 Å². The highest BCUT2D eigenvalue weighted by Gasteiger charge is 2.33. The molecule has 0 saturated carbocycles. The summed E-state index contributed by atoms with van der Waals surface area (Å²) in [6.45, 7) is 5.36.